The normalized spacial score (nSPS) is 11.3. The van der Waals surface area contributed by atoms with Gasteiger partial charge in [0.2, 0.25) is 5.91 Å². The Hall–Kier alpha value is -1.35. The van der Waals surface area contributed by atoms with Crippen molar-refractivity contribution in [1.82, 2.24) is 0 Å². The fraction of sp³-hybridized carbons (Fsp3) is 0.462. The summed E-state index contributed by atoms with van der Waals surface area (Å²) in [5.41, 5.74) is 7.08. The monoisotopic (exact) mass is 220 g/mol. The smallest absolute Gasteiger partial charge is 0.246 e. The second-order valence-electron chi connectivity index (χ2n) is 4.61. The first-order valence-corrected chi connectivity index (χ1v) is 5.53. The lowest BCUT2D eigenvalue weighted by Gasteiger charge is -2.28. The molecule has 0 aliphatic carbocycles. The first kappa shape index (κ1) is 12.7. The zero-order valence-electron chi connectivity index (χ0n) is 10.4. The Morgan fingerprint density at radius 3 is 2.19 bits per heavy atom. The van der Waals surface area contributed by atoms with Crippen LogP contribution in [0, 0.1) is 6.92 Å². The van der Waals surface area contributed by atoms with Crippen molar-refractivity contribution in [3.8, 4) is 0 Å². The summed E-state index contributed by atoms with van der Waals surface area (Å²) in [6, 6.07) is 7.88. The number of nitrogens with zero attached hydrogens (tertiary/aromatic N) is 1. The van der Waals surface area contributed by atoms with Crippen molar-refractivity contribution in [2.45, 2.75) is 33.2 Å². The van der Waals surface area contributed by atoms with Crippen molar-refractivity contribution in [3.05, 3.63) is 29.8 Å². The van der Waals surface area contributed by atoms with Gasteiger partial charge in [-0.15, -0.1) is 0 Å². The van der Waals surface area contributed by atoms with Crippen LogP contribution in [0.15, 0.2) is 24.3 Å². The number of rotatable bonds is 3. The number of anilines is 1. The molecule has 88 valence electrons. The molecule has 0 heterocycles. The van der Waals surface area contributed by atoms with Crippen molar-refractivity contribution in [1.29, 1.82) is 0 Å². The lowest BCUT2D eigenvalue weighted by molar-refractivity contribution is -0.122. The molecule has 0 unspecified atom stereocenters. The Labute approximate surface area is 97.2 Å². The highest BCUT2D eigenvalue weighted by molar-refractivity contribution is 5.99. The third-order valence-electron chi connectivity index (χ3n) is 2.46. The zero-order chi connectivity index (χ0) is 12.3. The molecular formula is C13H20N2O. The number of amides is 1. The first-order valence-electron chi connectivity index (χ1n) is 5.53. The maximum atomic E-state index is 12.1. The number of carbonyl (C=O) groups is 1. The fourth-order valence-corrected chi connectivity index (χ4v) is 1.52. The molecule has 0 bridgehead atoms. The van der Waals surface area contributed by atoms with E-state index in [2.05, 4.69) is 0 Å². The van der Waals surface area contributed by atoms with E-state index in [1.54, 1.807) is 18.7 Å². The van der Waals surface area contributed by atoms with Crippen LogP contribution in [-0.4, -0.2) is 18.0 Å². The van der Waals surface area contributed by atoms with Crippen LogP contribution in [-0.2, 0) is 4.79 Å². The molecule has 0 aliphatic rings. The van der Waals surface area contributed by atoms with Gasteiger partial charge >= 0.3 is 0 Å². The number of hydrogen-bond acceptors (Lipinski definition) is 2. The Balaban J connectivity index is 2.99. The van der Waals surface area contributed by atoms with Crippen molar-refractivity contribution in [2.75, 3.05) is 11.4 Å². The van der Waals surface area contributed by atoms with Gasteiger partial charge in [-0.1, -0.05) is 17.7 Å². The number of nitrogens with two attached hydrogens (primary N) is 1. The van der Waals surface area contributed by atoms with E-state index >= 15 is 0 Å². The summed E-state index contributed by atoms with van der Waals surface area (Å²) in [5.74, 6) is -0.0566. The van der Waals surface area contributed by atoms with E-state index < -0.39 is 5.54 Å². The van der Waals surface area contributed by atoms with E-state index in [4.69, 9.17) is 5.73 Å². The van der Waals surface area contributed by atoms with Crippen LogP contribution in [0.5, 0.6) is 0 Å². The molecule has 2 N–H and O–H groups in total. The summed E-state index contributed by atoms with van der Waals surface area (Å²) in [4.78, 5) is 13.8. The molecule has 3 heteroatoms. The third kappa shape index (κ3) is 2.83. The quantitative estimate of drug-likeness (QED) is 0.847. The van der Waals surface area contributed by atoms with Crippen LogP contribution in [0.2, 0.25) is 0 Å². The Morgan fingerprint density at radius 2 is 1.81 bits per heavy atom. The maximum Gasteiger partial charge on any atom is 0.246 e. The third-order valence-corrected chi connectivity index (χ3v) is 2.46. The molecule has 3 nitrogen and oxygen atoms in total. The van der Waals surface area contributed by atoms with Gasteiger partial charge in [0.25, 0.3) is 0 Å². The van der Waals surface area contributed by atoms with Crippen molar-refractivity contribution in [3.63, 3.8) is 0 Å². The van der Waals surface area contributed by atoms with Gasteiger partial charge in [-0.05, 0) is 39.8 Å². The van der Waals surface area contributed by atoms with Gasteiger partial charge in [0.1, 0.15) is 0 Å². The first-order chi connectivity index (χ1) is 7.36. The van der Waals surface area contributed by atoms with E-state index in [0.717, 1.165) is 5.69 Å². The van der Waals surface area contributed by atoms with E-state index in [1.165, 1.54) is 5.56 Å². The molecule has 0 saturated heterocycles. The van der Waals surface area contributed by atoms with Gasteiger partial charge in [0, 0.05) is 12.2 Å². The minimum absolute atomic E-state index is 0.0566. The summed E-state index contributed by atoms with van der Waals surface area (Å²) in [6.45, 7) is 8.05. The average molecular weight is 220 g/mol. The van der Waals surface area contributed by atoms with Gasteiger partial charge in [-0.3, -0.25) is 4.79 Å². The number of aryl methyl sites for hydroxylation is 1. The van der Waals surface area contributed by atoms with E-state index in [-0.39, 0.29) is 5.91 Å². The number of carbonyl (C=O) groups excluding carboxylic acids is 1. The molecule has 16 heavy (non-hydrogen) atoms. The SMILES string of the molecule is CCN(C(=O)C(C)(C)N)c1ccc(C)cc1. The molecule has 1 amide bonds. The van der Waals surface area contributed by atoms with Gasteiger partial charge in [-0.2, -0.15) is 0 Å². The minimum atomic E-state index is -0.832. The predicted molar refractivity (Wildman–Crippen MR) is 67.5 cm³/mol. The Bertz CT molecular complexity index is 363. The molecule has 0 atom stereocenters. The molecule has 0 fully saturated rings. The lowest BCUT2D eigenvalue weighted by atomic mass is 10.0. The number of hydrogen-bond donors (Lipinski definition) is 1. The largest absolute Gasteiger partial charge is 0.318 e. The molecule has 1 aromatic rings. The highest BCUT2D eigenvalue weighted by Crippen LogP contribution is 2.17. The van der Waals surface area contributed by atoms with Crippen LogP contribution in [0.25, 0.3) is 0 Å². The second kappa shape index (κ2) is 4.66. The van der Waals surface area contributed by atoms with Crippen molar-refractivity contribution in [2.24, 2.45) is 5.73 Å². The van der Waals surface area contributed by atoms with Gasteiger partial charge < -0.3 is 10.6 Å². The predicted octanol–water partition coefficient (Wildman–Crippen LogP) is 2.09. The molecule has 0 spiro atoms. The average Bonchev–Trinajstić information content (AvgIpc) is 2.20. The summed E-state index contributed by atoms with van der Waals surface area (Å²) >= 11 is 0. The van der Waals surface area contributed by atoms with Gasteiger partial charge in [-0.25, -0.2) is 0 Å². The fourth-order valence-electron chi connectivity index (χ4n) is 1.52. The number of benzene rings is 1. The summed E-state index contributed by atoms with van der Waals surface area (Å²) in [6.07, 6.45) is 0. The summed E-state index contributed by atoms with van der Waals surface area (Å²) in [5, 5.41) is 0. The Morgan fingerprint density at radius 1 is 1.31 bits per heavy atom. The molecule has 0 saturated carbocycles. The number of likely N-dealkylation sites (N-methyl/N-ethyl adjacent to an activating group) is 1. The van der Waals surface area contributed by atoms with Gasteiger partial charge in [0.05, 0.1) is 5.54 Å². The lowest BCUT2D eigenvalue weighted by Crippen LogP contribution is -2.51. The molecule has 1 aromatic carbocycles. The maximum absolute atomic E-state index is 12.1. The highest BCUT2D eigenvalue weighted by Gasteiger charge is 2.27. The van der Waals surface area contributed by atoms with Crippen LogP contribution in [0.1, 0.15) is 26.3 Å². The van der Waals surface area contributed by atoms with Gasteiger partial charge in [0.15, 0.2) is 0 Å². The molecule has 0 aromatic heterocycles. The van der Waals surface area contributed by atoms with Crippen LogP contribution in [0.3, 0.4) is 0 Å². The van der Waals surface area contributed by atoms with E-state index in [0.29, 0.717) is 6.54 Å². The van der Waals surface area contributed by atoms with Crippen LogP contribution < -0.4 is 10.6 Å². The van der Waals surface area contributed by atoms with Crippen molar-refractivity contribution >= 4 is 11.6 Å². The van der Waals surface area contributed by atoms with E-state index in [9.17, 15) is 4.79 Å². The molecule has 0 aliphatic heterocycles. The second-order valence-corrected chi connectivity index (χ2v) is 4.61. The summed E-state index contributed by atoms with van der Waals surface area (Å²) in [7, 11) is 0. The van der Waals surface area contributed by atoms with Crippen LogP contribution in [0.4, 0.5) is 5.69 Å². The Kier molecular flexibility index (Phi) is 3.70. The summed E-state index contributed by atoms with van der Waals surface area (Å²) < 4.78 is 0. The van der Waals surface area contributed by atoms with Crippen LogP contribution >= 0.6 is 0 Å². The van der Waals surface area contributed by atoms with Crippen molar-refractivity contribution < 1.29 is 4.79 Å². The molecule has 0 radical (unpaired) electrons. The zero-order valence-corrected chi connectivity index (χ0v) is 10.4. The minimum Gasteiger partial charge on any atom is -0.318 e. The topological polar surface area (TPSA) is 46.3 Å². The molecule has 1 rings (SSSR count). The highest BCUT2D eigenvalue weighted by atomic mass is 16.2. The van der Waals surface area contributed by atoms with E-state index in [1.807, 2.05) is 38.1 Å². The standard InChI is InChI=1S/C13H20N2O/c1-5-15(12(16)13(3,4)14)11-8-6-10(2)7-9-11/h6-9H,5,14H2,1-4H3. The molecular weight excluding hydrogens is 200 g/mol.